The van der Waals surface area contributed by atoms with E-state index in [4.69, 9.17) is 9.72 Å². The highest BCUT2D eigenvalue weighted by atomic mass is 16.5. The van der Waals surface area contributed by atoms with Crippen LogP contribution in [0.3, 0.4) is 0 Å². The standard InChI is InChI=1S/C27H32N4O/c1-18(2)28-9-8-26(21-10-19(3)11-25(14-21)32-5)20-6-7-27-22(12-20)13-23(15-29-27)24-16-30-31(4)17-24/h6-7,10-18,26,28H,8-9H2,1-5H3. The number of hydrogen-bond acceptors (Lipinski definition) is 4. The molecule has 5 heteroatoms. The molecular formula is C27H32N4O. The quantitative estimate of drug-likeness (QED) is 0.404. The number of aryl methyl sites for hydroxylation is 2. The second kappa shape index (κ2) is 9.53. The number of nitrogens with one attached hydrogen (secondary N) is 1. The van der Waals surface area contributed by atoms with Crippen LogP contribution in [0.4, 0.5) is 0 Å². The lowest BCUT2D eigenvalue weighted by atomic mass is 9.86. The molecule has 0 radical (unpaired) electrons. The fourth-order valence-electron chi connectivity index (χ4n) is 4.23. The van der Waals surface area contributed by atoms with E-state index in [2.05, 4.69) is 73.7 Å². The van der Waals surface area contributed by atoms with Gasteiger partial charge >= 0.3 is 0 Å². The van der Waals surface area contributed by atoms with E-state index >= 15 is 0 Å². The van der Waals surface area contributed by atoms with Crippen LogP contribution in [0.1, 0.15) is 42.9 Å². The van der Waals surface area contributed by atoms with Gasteiger partial charge in [0, 0.05) is 47.9 Å². The molecule has 32 heavy (non-hydrogen) atoms. The lowest BCUT2D eigenvalue weighted by molar-refractivity contribution is 0.413. The van der Waals surface area contributed by atoms with Gasteiger partial charge in [-0.05, 0) is 66.9 Å². The molecule has 0 aliphatic carbocycles. The maximum atomic E-state index is 5.57. The molecule has 1 N–H and O–H groups in total. The highest BCUT2D eigenvalue weighted by Crippen LogP contribution is 2.33. The largest absolute Gasteiger partial charge is 0.497 e. The molecule has 0 amide bonds. The Kier molecular flexibility index (Phi) is 6.56. The van der Waals surface area contributed by atoms with E-state index in [0.29, 0.717) is 6.04 Å². The number of benzene rings is 2. The van der Waals surface area contributed by atoms with Gasteiger partial charge in [0.25, 0.3) is 0 Å². The van der Waals surface area contributed by atoms with Crippen molar-refractivity contribution in [3.8, 4) is 16.9 Å². The monoisotopic (exact) mass is 428 g/mol. The summed E-state index contributed by atoms with van der Waals surface area (Å²) in [5.74, 6) is 1.17. The SMILES string of the molecule is COc1cc(C)cc(C(CCNC(C)C)c2ccc3ncc(-c4cnn(C)c4)cc3c2)c1. The van der Waals surface area contributed by atoms with Crippen LogP contribution < -0.4 is 10.1 Å². The highest BCUT2D eigenvalue weighted by Gasteiger charge is 2.17. The van der Waals surface area contributed by atoms with Crippen molar-refractivity contribution < 1.29 is 4.74 Å². The zero-order valence-corrected chi connectivity index (χ0v) is 19.6. The number of nitrogens with zero attached hydrogens (tertiary/aromatic N) is 3. The molecule has 0 fully saturated rings. The summed E-state index contributed by atoms with van der Waals surface area (Å²) in [6, 6.07) is 15.8. The van der Waals surface area contributed by atoms with Crippen LogP contribution in [0, 0.1) is 6.92 Å². The molecule has 2 aromatic carbocycles. The minimum atomic E-state index is 0.265. The van der Waals surface area contributed by atoms with Gasteiger partial charge in [-0.1, -0.05) is 26.0 Å². The summed E-state index contributed by atoms with van der Waals surface area (Å²) < 4.78 is 7.39. The van der Waals surface area contributed by atoms with Gasteiger partial charge in [-0.25, -0.2) is 0 Å². The average Bonchev–Trinajstić information content (AvgIpc) is 3.21. The highest BCUT2D eigenvalue weighted by molar-refractivity contribution is 5.84. The third kappa shape index (κ3) is 5.00. The predicted octanol–water partition coefficient (Wildman–Crippen LogP) is 5.47. The van der Waals surface area contributed by atoms with Gasteiger partial charge in [0.2, 0.25) is 0 Å². The lowest BCUT2D eigenvalue weighted by Gasteiger charge is -2.21. The molecular weight excluding hydrogens is 396 g/mol. The summed E-state index contributed by atoms with van der Waals surface area (Å²) in [6.45, 7) is 7.45. The van der Waals surface area contributed by atoms with E-state index in [9.17, 15) is 0 Å². The molecule has 4 aromatic rings. The van der Waals surface area contributed by atoms with E-state index < -0.39 is 0 Å². The van der Waals surface area contributed by atoms with E-state index in [1.807, 2.05) is 30.3 Å². The molecule has 0 bridgehead atoms. The Morgan fingerprint density at radius 3 is 2.56 bits per heavy atom. The molecule has 2 aromatic heterocycles. The van der Waals surface area contributed by atoms with Gasteiger partial charge in [0.1, 0.15) is 5.75 Å². The Bertz CT molecular complexity index is 1210. The number of pyridine rings is 1. The maximum Gasteiger partial charge on any atom is 0.119 e. The van der Waals surface area contributed by atoms with Gasteiger partial charge in [-0.2, -0.15) is 5.10 Å². The Morgan fingerprint density at radius 1 is 1.00 bits per heavy atom. The first-order chi connectivity index (χ1) is 15.4. The van der Waals surface area contributed by atoms with E-state index in [1.165, 1.54) is 16.7 Å². The molecule has 1 unspecified atom stereocenters. The molecule has 0 saturated heterocycles. The zero-order valence-electron chi connectivity index (χ0n) is 19.6. The van der Waals surface area contributed by atoms with Crippen molar-refractivity contribution in [2.45, 2.75) is 39.2 Å². The first-order valence-corrected chi connectivity index (χ1v) is 11.2. The molecule has 2 heterocycles. The van der Waals surface area contributed by atoms with Crippen molar-refractivity contribution in [1.82, 2.24) is 20.1 Å². The minimum absolute atomic E-state index is 0.265. The van der Waals surface area contributed by atoms with Crippen LogP contribution in [0.25, 0.3) is 22.0 Å². The normalized spacial score (nSPS) is 12.4. The van der Waals surface area contributed by atoms with Crippen LogP contribution >= 0.6 is 0 Å². The number of methoxy groups -OCH3 is 1. The summed E-state index contributed by atoms with van der Waals surface area (Å²) in [6.07, 6.45) is 6.83. The minimum Gasteiger partial charge on any atom is -0.497 e. The van der Waals surface area contributed by atoms with Crippen molar-refractivity contribution in [1.29, 1.82) is 0 Å². The summed E-state index contributed by atoms with van der Waals surface area (Å²) >= 11 is 0. The zero-order chi connectivity index (χ0) is 22.7. The Balaban J connectivity index is 1.75. The van der Waals surface area contributed by atoms with E-state index in [-0.39, 0.29) is 5.92 Å². The fraction of sp³-hybridized carbons (Fsp3) is 0.333. The second-order valence-corrected chi connectivity index (χ2v) is 8.81. The molecule has 4 rings (SSSR count). The summed E-state index contributed by atoms with van der Waals surface area (Å²) in [7, 11) is 3.66. The van der Waals surface area contributed by atoms with Crippen LogP contribution in [-0.2, 0) is 7.05 Å². The molecule has 5 nitrogen and oxygen atoms in total. The second-order valence-electron chi connectivity index (χ2n) is 8.81. The predicted molar refractivity (Wildman–Crippen MR) is 131 cm³/mol. The van der Waals surface area contributed by atoms with Crippen molar-refractivity contribution in [3.63, 3.8) is 0 Å². The molecule has 0 saturated carbocycles. The van der Waals surface area contributed by atoms with Crippen LogP contribution in [-0.4, -0.2) is 34.5 Å². The van der Waals surface area contributed by atoms with Gasteiger partial charge in [-0.3, -0.25) is 9.67 Å². The number of ether oxygens (including phenoxy) is 1. The molecule has 0 spiro atoms. The fourth-order valence-corrected chi connectivity index (χ4v) is 4.23. The topological polar surface area (TPSA) is 52.0 Å². The van der Waals surface area contributed by atoms with Crippen molar-refractivity contribution in [2.75, 3.05) is 13.7 Å². The maximum absolute atomic E-state index is 5.57. The van der Waals surface area contributed by atoms with E-state index in [1.54, 1.807) is 7.11 Å². The van der Waals surface area contributed by atoms with Crippen LogP contribution in [0.5, 0.6) is 5.75 Å². The molecule has 0 aliphatic rings. The Labute approximate surface area is 190 Å². The molecule has 0 aliphatic heterocycles. The summed E-state index contributed by atoms with van der Waals surface area (Å²) in [5.41, 5.74) is 6.94. The Morgan fingerprint density at radius 2 is 1.84 bits per heavy atom. The van der Waals surface area contributed by atoms with Gasteiger partial charge in [-0.15, -0.1) is 0 Å². The summed E-state index contributed by atoms with van der Waals surface area (Å²) in [4.78, 5) is 4.70. The van der Waals surface area contributed by atoms with Crippen LogP contribution in [0.15, 0.2) is 61.1 Å². The van der Waals surface area contributed by atoms with Gasteiger partial charge in [0.05, 0.1) is 18.8 Å². The third-order valence-corrected chi connectivity index (χ3v) is 5.84. The van der Waals surface area contributed by atoms with Crippen molar-refractivity contribution >= 4 is 10.9 Å². The van der Waals surface area contributed by atoms with Gasteiger partial charge < -0.3 is 10.1 Å². The first kappa shape index (κ1) is 22.0. The first-order valence-electron chi connectivity index (χ1n) is 11.2. The number of hydrogen-bond donors (Lipinski definition) is 1. The van der Waals surface area contributed by atoms with Crippen molar-refractivity contribution in [3.05, 3.63) is 77.7 Å². The number of fused-ring (bicyclic) bond motifs is 1. The number of rotatable bonds is 8. The Hall–Kier alpha value is -3.18. The average molecular weight is 429 g/mol. The smallest absolute Gasteiger partial charge is 0.119 e. The summed E-state index contributed by atoms with van der Waals surface area (Å²) in [5, 5.41) is 9.02. The lowest BCUT2D eigenvalue weighted by Crippen LogP contribution is -2.25. The third-order valence-electron chi connectivity index (χ3n) is 5.84. The van der Waals surface area contributed by atoms with E-state index in [0.717, 1.165) is 40.7 Å². The number of aromatic nitrogens is 3. The van der Waals surface area contributed by atoms with Crippen LogP contribution in [0.2, 0.25) is 0 Å². The van der Waals surface area contributed by atoms with Crippen molar-refractivity contribution in [2.24, 2.45) is 7.05 Å². The molecule has 166 valence electrons. The van der Waals surface area contributed by atoms with Gasteiger partial charge in [0.15, 0.2) is 0 Å². The molecule has 1 atom stereocenters.